The second kappa shape index (κ2) is 4.44. The van der Waals surface area contributed by atoms with Crippen LogP contribution in [0.3, 0.4) is 0 Å². The Hall–Kier alpha value is -1.80. The van der Waals surface area contributed by atoms with Gasteiger partial charge in [-0.3, -0.25) is 0 Å². The van der Waals surface area contributed by atoms with Gasteiger partial charge in [0.2, 0.25) is 0 Å². The average Bonchev–Trinajstić information content (AvgIpc) is 2.19. The standard InChI is InChI=1S/C9H8N2O2S/c10-5-7(11-14)3-6-1-2-8(12)9(13)4-6/h1-4,11-14H. The summed E-state index contributed by atoms with van der Waals surface area (Å²) in [5, 5.41) is 26.8. The number of thiol groups is 1. The molecule has 0 amide bonds. The maximum Gasteiger partial charge on any atom is 0.157 e. The van der Waals surface area contributed by atoms with E-state index in [-0.39, 0.29) is 17.2 Å². The minimum atomic E-state index is -0.227. The van der Waals surface area contributed by atoms with E-state index in [9.17, 15) is 0 Å². The summed E-state index contributed by atoms with van der Waals surface area (Å²) in [6, 6.07) is 6.12. The van der Waals surface area contributed by atoms with Crippen molar-refractivity contribution in [2.24, 2.45) is 0 Å². The first kappa shape index (κ1) is 10.3. The van der Waals surface area contributed by atoms with Crippen LogP contribution in [0.25, 0.3) is 6.08 Å². The lowest BCUT2D eigenvalue weighted by Crippen LogP contribution is -1.94. The maximum absolute atomic E-state index is 9.16. The lowest BCUT2D eigenvalue weighted by Gasteiger charge is -1.99. The van der Waals surface area contributed by atoms with Crippen molar-refractivity contribution >= 4 is 18.9 Å². The summed E-state index contributed by atoms with van der Waals surface area (Å²) < 4.78 is 2.38. The lowest BCUT2D eigenvalue weighted by molar-refractivity contribution is 0.403. The highest BCUT2D eigenvalue weighted by molar-refractivity contribution is 7.78. The Morgan fingerprint density at radius 3 is 2.64 bits per heavy atom. The van der Waals surface area contributed by atoms with Crippen LogP contribution in [-0.2, 0) is 0 Å². The predicted octanol–water partition coefficient (Wildman–Crippen LogP) is 1.40. The van der Waals surface area contributed by atoms with Crippen molar-refractivity contribution in [2.75, 3.05) is 0 Å². The largest absolute Gasteiger partial charge is 0.504 e. The highest BCUT2D eigenvalue weighted by Gasteiger charge is 1.99. The number of benzene rings is 1. The van der Waals surface area contributed by atoms with Crippen molar-refractivity contribution in [3.63, 3.8) is 0 Å². The first-order chi connectivity index (χ1) is 6.67. The van der Waals surface area contributed by atoms with Crippen molar-refractivity contribution in [1.82, 2.24) is 4.72 Å². The molecule has 0 aromatic heterocycles. The molecule has 14 heavy (non-hydrogen) atoms. The van der Waals surface area contributed by atoms with Gasteiger partial charge in [-0.1, -0.05) is 18.9 Å². The molecule has 0 bridgehead atoms. The molecule has 0 atom stereocenters. The van der Waals surface area contributed by atoms with E-state index < -0.39 is 0 Å². The van der Waals surface area contributed by atoms with Gasteiger partial charge in [-0.2, -0.15) is 5.26 Å². The van der Waals surface area contributed by atoms with Crippen LogP contribution >= 0.6 is 12.8 Å². The number of rotatable bonds is 2. The third-order valence-electron chi connectivity index (χ3n) is 1.55. The molecule has 3 N–H and O–H groups in total. The summed E-state index contributed by atoms with van der Waals surface area (Å²) in [5.41, 5.74) is 0.844. The summed E-state index contributed by atoms with van der Waals surface area (Å²) in [5.74, 6) is -0.422. The van der Waals surface area contributed by atoms with Crippen molar-refractivity contribution in [1.29, 1.82) is 5.26 Å². The Morgan fingerprint density at radius 1 is 1.43 bits per heavy atom. The van der Waals surface area contributed by atoms with E-state index in [1.165, 1.54) is 18.2 Å². The molecule has 0 unspecified atom stereocenters. The van der Waals surface area contributed by atoms with Gasteiger partial charge in [0.25, 0.3) is 0 Å². The molecule has 0 fully saturated rings. The van der Waals surface area contributed by atoms with Gasteiger partial charge < -0.3 is 14.9 Å². The van der Waals surface area contributed by atoms with Crippen LogP contribution in [0.4, 0.5) is 0 Å². The molecule has 0 radical (unpaired) electrons. The highest BCUT2D eigenvalue weighted by Crippen LogP contribution is 2.25. The van der Waals surface area contributed by atoms with Crippen LogP contribution in [0.15, 0.2) is 23.9 Å². The molecule has 0 aliphatic rings. The summed E-state index contributed by atoms with van der Waals surface area (Å²) in [6.07, 6.45) is 1.49. The Balaban J connectivity index is 3.05. The smallest absolute Gasteiger partial charge is 0.157 e. The number of hydrogen-bond acceptors (Lipinski definition) is 5. The number of nitrogens with zero attached hydrogens (tertiary/aromatic N) is 1. The number of allylic oxidation sites excluding steroid dienone is 1. The number of aromatic hydroxyl groups is 2. The van der Waals surface area contributed by atoms with E-state index in [1.54, 1.807) is 6.07 Å². The van der Waals surface area contributed by atoms with Crippen LogP contribution in [-0.4, -0.2) is 10.2 Å². The Morgan fingerprint density at radius 2 is 2.14 bits per heavy atom. The fraction of sp³-hybridized carbons (Fsp3) is 0. The number of hydrogen-bond donors (Lipinski definition) is 4. The van der Waals surface area contributed by atoms with Crippen LogP contribution in [0.2, 0.25) is 0 Å². The number of phenolic OH excluding ortho intramolecular Hbond substituents is 2. The molecule has 5 heteroatoms. The average molecular weight is 208 g/mol. The molecule has 0 heterocycles. The minimum Gasteiger partial charge on any atom is -0.504 e. The molecular weight excluding hydrogens is 200 g/mol. The van der Waals surface area contributed by atoms with E-state index in [1.807, 2.05) is 6.07 Å². The van der Waals surface area contributed by atoms with Gasteiger partial charge in [0.15, 0.2) is 11.5 Å². The van der Waals surface area contributed by atoms with Crippen molar-refractivity contribution < 1.29 is 10.2 Å². The molecule has 1 aromatic rings. The third-order valence-corrected chi connectivity index (χ3v) is 1.79. The zero-order valence-corrected chi connectivity index (χ0v) is 7.99. The molecular formula is C9H8N2O2S. The Labute approximate surface area is 86.7 Å². The number of nitrogens with one attached hydrogen (secondary N) is 1. The van der Waals surface area contributed by atoms with Gasteiger partial charge in [-0.25, -0.2) is 0 Å². The molecule has 0 aliphatic heterocycles. The molecule has 0 saturated heterocycles. The zero-order chi connectivity index (χ0) is 10.6. The van der Waals surface area contributed by atoms with Crippen LogP contribution in [0.1, 0.15) is 5.56 Å². The van der Waals surface area contributed by atoms with Gasteiger partial charge in [0, 0.05) is 0 Å². The zero-order valence-electron chi connectivity index (χ0n) is 7.10. The number of nitriles is 1. The highest BCUT2D eigenvalue weighted by atomic mass is 32.1. The van der Waals surface area contributed by atoms with Gasteiger partial charge in [0.05, 0.1) is 0 Å². The summed E-state index contributed by atoms with van der Waals surface area (Å²) in [6.45, 7) is 0. The van der Waals surface area contributed by atoms with Gasteiger partial charge in [0.1, 0.15) is 11.8 Å². The molecule has 72 valence electrons. The van der Waals surface area contributed by atoms with E-state index in [2.05, 4.69) is 17.5 Å². The summed E-state index contributed by atoms with van der Waals surface area (Å²) >= 11 is 3.72. The SMILES string of the molecule is N#CC(=Cc1ccc(O)c(O)c1)NS. The molecule has 0 saturated carbocycles. The van der Waals surface area contributed by atoms with Crippen molar-refractivity contribution in [2.45, 2.75) is 0 Å². The van der Waals surface area contributed by atoms with E-state index in [0.717, 1.165) is 0 Å². The minimum absolute atomic E-state index is 0.195. The third kappa shape index (κ3) is 2.34. The van der Waals surface area contributed by atoms with E-state index in [4.69, 9.17) is 15.5 Å². The quantitative estimate of drug-likeness (QED) is 0.336. The van der Waals surface area contributed by atoms with Gasteiger partial charge >= 0.3 is 0 Å². The van der Waals surface area contributed by atoms with Gasteiger partial charge in [-0.15, -0.1) is 0 Å². The van der Waals surface area contributed by atoms with Gasteiger partial charge in [-0.05, 0) is 23.8 Å². The first-order valence-corrected chi connectivity index (χ1v) is 4.16. The Bertz CT molecular complexity index is 410. The van der Waals surface area contributed by atoms with Crippen LogP contribution in [0, 0.1) is 11.3 Å². The lowest BCUT2D eigenvalue weighted by atomic mass is 10.2. The molecule has 1 rings (SSSR count). The van der Waals surface area contributed by atoms with Crippen molar-refractivity contribution in [3.05, 3.63) is 29.5 Å². The van der Waals surface area contributed by atoms with E-state index >= 15 is 0 Å². The molecule has 1 aromatic carbocycles. The maximum atomic E-state index is 9.16. The first-order valence-electron chi connectivity index (χ1n) is 3.71. The predicted molar refractivity (Wildman–Crippen MR) is 55.5 cm³/mol. The molecule has 0 aliphatic carbocycles. The fourth-order valence-corrected chi connectivity index (χ4v) is 1.00. The summed E-state index contributed by atoms with van der Waals surface area (Å²) in [4.78, 5) is 0. The topological polar surface area (TPSA) is 76.3 Å². The molecule has 0 spiro atoms. The van der Waals surface area contributed by atoms with Crippen LogP contribution in [0.5, 0.6) is 11.5 Å². The van der Waals surface area contributed by atoms with Crippen molar-refractivity contribution in [3.8, 4) is 17.6 Å². The van der Waals surface area contributed by atoms with Crippen LogP contribution < -0.4 is 4.72 Å². The summed E-state index contributed by atoms with van der Waals surface area (Å²) in [7, 11) is 0. The fourth-order valence-electron chi connectivity index (χ4n) is 0.886. The second-order valence-corrected chi connectivity index (χ2v) is 2.75. The monoisotopic (exact) mass is 208 g/mol. The van der Waals surface area contributed by atoms with E-state index in [0.29, 0.717) is 5.56 Å². The normalized spacial score (nSPS) is 10.7. The Kier molecular flexibility index (Phi) is 3.26. The molecule has 4 nitrogen and oxygen atoms in total. The second-order valence-electron chi connectivity index (χ2n) is 2.53. The number of phenols is 2.